The van der Waals surface area contributed by atoms with Crippen molar-refractivity contribution >= 4 is 11.7 Å². The molecule has 2 aromatic rings. The van der Waals surface area contributed by atoms with Crippen LogP contribution in [-0.2, 0) is 6.54 Å². The lowest BCUT2D eigenvalue weighted by Crippen LogP contribution is -2.15. The molecule has 0 aliphatic rings. The van der Waals surface area contributed by atoms with Crippen LogP contribution in [0, 0.1) is 0 Å². The molecule has 0 radical (unpaired) electrons. The number of carboxylic acid groups (broad SMARTS) is 1. The Kier molecular flexibility index (Phi) is 3.75. The van der Waals surface area contributed by atoms with E-state index < -0.39 is 5.97 Å². The van der Waals surface area contributed by atoms with Gasteiger partial charge in [0.25, 0.3) is 0 Å². The number of nitrogens with zero attached hydrogens (tertiary/aromatic N) is 1. The van der Waals surface area contributed by atoms with E-state index in [9.17, 15) is 4.79 Å². The third-order valence-electron chi connectivity index (χ3n) is 2.76. The maximum atomic E-state index is 10.7. The molecule has 0 atom stereocenters. The molecule has 100 valence electrons. The van der Waals surface area contributed by atoms with E-state index in [1.807, 2.05) is 36.2 Å². The first-order chi connectivity index (χ1) is 9.10. The summed E-state index contributed by atoms with van der Waals surface area (Å²) in [4.78, 5) is 12.7. The maximum Gasteiger partial charge on any atom is 0.371 e. The summed E-state index contributed by atoms with van der Waals surface area (Å²) in [7, 11) is 3.52. The molecule has 0 saturated heterocycles. The summed E-state index contributed by atoms with van der Waals surface area (Å²) in [6, 6.07) is 10.7. The van der Waals surface area contributed by atoms with Crippen LogP contribution in [0.3, 0.4) is 0 Å². The Labute approximate surface area is 111 Å². The van der Waals surface area contributed by atoms with Crippen LogP contribution in [0.1, 0.15) is 16.3 Å². The van der Waals surface area contributed by atoms with Crippen LogP contribution in [0.4, 0.5) is 5.69 Å². The molecular weight excluding hydrogens is 246 g/mol. The van der Waals surface area contributed by atoms with E-state index >= 15 is 0 Å². The minimum absolute atomic E-state index is 0.0472. The van der Waals surface area contributed by atoms with Crippen molar-refractivity contribution < 1.29 is 19.1 Å². The van der Waals surface area contributed by atoms with Gasteiger partial charge in [-0.2, -0.15) is 0 Å². The van der Waals surface area contributed by atoms with Crippen LogP contribution < -0.4 is 9.64 Å². The van der Waals surface area contributed by atoms with Gasteiger partial charge >= 0.3 is 5.97 Å². The van der Waals surface area contributed by atoms with Gasteiger partial charge in [0.1, 0.15) is 11.5 Å². The highest BCUT2D eigenvalue weighted by Crippen LogP contribution is 2.21. The average molecular weight is 261 g/mol. The summed E-state index contributed by atoms with van der Waals surface area (Å²) in [6.45, 7) is 0.487. The highest BCUT2D eigenvalue weighted by atomic mass is 16.5. The number of furan rings is 1. The normalized spacial score (nSPS) is 10.2. The van der Waals surface area contributed by atoms with E-state index in [1.54, 1.807) is 13.2 Å². The Morgan fingerprint density at radius 1 is 1.37 bits per heavy atom. The third kappa shape index (κ3) is 3.07. The minimum atomic E-state index is -1.06. The van der Waals surface area contributed by atoms with E-state index in [2.05, 4.69) is 0 Å². The van der Waals surface area contributed by atoms with Gasteiger partial charge in [0, 0.05) is 18.8 Å². The molecule has 5 heteroatoms. The van der Waals surface area contributed by atoms with Crippen molar-refractivity contribution in [3.05, 3.63) is 47.9 Å². The van der Waals surface area contributed by atoms with Crippen LogP contribution in [0.15, 0.2) is 40.8 Å². The Morgan fingerprint density at radius 2 is 2.16 bits per heavy atom. The van der Waals surface area contributed by atoms with E-state index in [0.717, 1.165) is 11.4 Å². The summed E-state index contributed by atoms with van der Waals surface area (Å²) in [5, 5.41) is 8.79. The van der Waals surface area contributed by atoms with Crippen LogP contribution in [0.25, 0.3) is 0 Å². The van der Waals surface area contributed by atoms with Gasteiger partial charge in [-0.25, -0.2) is 4.79 Å². The smallest absolute Gasteiger partial charge is 0.371 e. The number of carbonyl (C=O) groups is 1. The van der Waals surface area contributed by atoms with Gasteiger partial charge in [-0.05, 0) is 24.3 Å². The van der Waals surface area contributed by atoms with Gasteiger partial charge in [0.15, 0.2) is 0 Å². The van der Waals surface area contributed by atoms with Crippen LogP contribution in [-0.4, -0.2) is 25.2 Å². The monoisotopic (exact) mass is 261 g/mol. The molecule has 19 heavy (non-hydrogen) atoms. The lowest BCUT2D eigenvalue weighted by molar-refractivity contribution is 0.0660. The van der Waals surface area contributed by atoms with E-state index in [0.29, 0.717) is 12.3 Å². The topological polar surface area (TPSA) is 62.9 Å². The van der Waals surface area contributed by atoms with Crippen molar-refractivity contribution in [2.24, 2.45) is 0 Å². The van der Waals surface area contributed by atoms with E-state index in [4.69, 9.17) is 14.3 Å². The Hall–Kier alpha value is -2.43. The first kappa shape index (κ1) is 13.0. The molecule has 0 unspecified atom stereocenters. The number of carboxylic acids is 1. The van der Waals surface area contributed by atoms with Gasteiger partial charge in [-0.3, -0.25) is 0 Å². The second-order valence-electron chi connectivity index (χ2n) is 4.13. The fraction of sp³-hybridized carbons (Fsp3) is 0.214. The zero-order valence-corrected chi connectivity index (χ0v) is 10.8. The van der Waals surface area contributed by atoms with Crippen molar-refractivity contribution in [1.82, 2.24) is 0 Å². The fourth-order valence-corrected chi connectivity index (χ4v) is 1.75. The maximum absolute atomic E-state index is 10.7. The predicted octanol–water partition coefficient (Wildman–Crippen LogP) is 2.62. The van der Waals surface area contributed by atoms with Gasteiger partial charge in [-0.1, -0.05) is 6.07 Å². The third-order valence-corrected chi connectivity index (χ3v) is 2.76. The molecule has 0 spiro atoms. The van der Waals surface area contributed by atoms with Gasteiger partial charge in [0.05, 0.1) is 13.7 Å². The molecule has 0 amide bonds. The predicted molar refractivity (Wildman–Crippen MR) is 70.8 cm³/mol. The summed E-state index contributed by atoms with van der Waals surface area (Å²) in [5.41, 5.74) is 0.965. The van der Waals surface area contributed by atoms with E-state index in [-0.39, 0.29) is 5.76 Å². The number of rotatable bonds is 5. The molecule has 0 aliphatic heterocycles. The standard InChI is InChI=1S/C14H15NO4/c1-15(10-4-3-5-11(8-10)18-2)9-12-6-7-13(19-12)14(16)17/h3-8H,9H2,1-2H3,(H,16,17). The molecule has 0 fully saturated rings. The fourth-order valence-electron chi connectivity index (χ4n) is 1.75. The Balaban J connectivity index is 2.10. The zero-order valence-electron chi connectivity index (χ0n) is 10.8. The largest absolute Gasteiger partial charge is 0.497 e. The molecule has 0 saturated carbocycles. The summed E-state index contributed by atoms with van der Waals surface area (Å²) < 4.78 is 10.4. The summed E-state index contributed by atoms with van der Waals surface area (Å²) >= 11 is 0. The quantitative estimate of drug-likeness (QED) is 0.896. The van der Waals surface area contributed by atoms with Gasteiger partial charge < -0.3 is 19.2 Å². The summed E-state index contributed by atoms with van der Waals surface area (Å²) in [5.74, 6) is 0.266. The number of hydrogen-bond acceptors (Lipinski definition) is 4. The second kappa shape index (κ2) is 5.48. The van der Waals surface area contributed by atoms with E-state index in [1.165, 1.54) is 6.07 Å². The van der Waals surface area contributed by atoms with Crippen molar-refractivity contribution in [1.29, 1.82) is 0 Å². The van der Waals surface area contributed by atoms with Gasteiger partial charge in [0.2, 0.25) is 5.76 Å². The zero-order chi connectivity index (χ0) is 13.8. The number of aromatic carboxylic acids is 1. The Morgan fingerprint density at radius 3 is 2.79 bits per heavy atom. The van der Waals surface area contributed by atoms with Crippen molar-refractivity contribution in [2.45, 2.75) is 6.54 Å². The number of methoxy groups -OCH3 is 1. The average Bonchev–Trinajstić information content (AvgIpc) is 2.87. The number of anilines is 1. The molecule has 1 N–H and O–H groups in total. The molecule has 5 nitrogen and oxygen atoms in total. The van der Waals surface area contributed by atoms with Crippen LogP contribution >= 0.6 is 0 Å². The number of ether oxygens (including phenoxy) is 1. The van der Waals surface area contributed by atoms with Gasteiger partial charge in [-0.15, -0.1) is 0 Å². The highest BCUT2D eigenvalue weighted by molar-refractivity contribution is 5.84. The molecule has 0 bridgehead atoms. The molecule has 1 heterocycles. The molecular formula is C14H15NO4. The lowest BCUT2D eigenvalue weighted by Gasteiger charge is -2.18. The minimum Gasteiger partial charge on any atom is -0.497 e. The highest BCUT2D eigenvalue weighted by Gasteiger charge is 2.11. The number of benzene rings is 1. The van der Waals surface area contributed by atoms with Crippen molar-refractivity contribution in [3.63, 3.8) is 0 Å². The molecule has 1 aromatic carbocycles. The second-order valence-corrected chi connectivity index (χ2v) is 4.13. The van der Waals surface area contributed by atoms with Crippen LogP contribution in [0.5, 0.6) is 5.75 Å². The van der Waals surface area contributed by atoms with Crippen LogP contribution in [0.2, 0.25) is 0 Å². The summed E-state index contributed by atoms with van der Waals surface area (Å²) in [6.07, 6.45) is 0. The van der Waals surface area contributed by atoms with Crippen molar-refractivity contribution in [3.8, 4) is 5.75 Å². The molecule has 1 aromatic heterocycles. The number of hydrogen-bond donors (Lipinski definition) is 1. The first-order valence-corrected chi connectivity index (χ1v) is 5.77. The lowest BCUT2D eigenvalue weighted by atomic mass is 10.2. The van der Waals surface area contributed by atoms with Crippen molar-refractivity contribution in [2.75, 3.05) is 19.1 Å². The molecule has 0 aliphatic carbocycles. The molecule has 2 rings (SSSR count). The SMILES string of the molecule is COc1cccc(N(C)Cc2ccc(C(=O)O)o2)c1. The first-order valence-electron chi connectivity index (χ1n) is 5.77. The Bertz CT molecular complexity index is 576.